The van der Waals surface area contributed by atoms with Gasteiger partial charge in [-0.1, -0.05) is 24.0 Å². The van der Waals surface area contributed by atoms with Crippen molar-refractivity contribution in [2.45, 2.75) is 13.0 Å². The van der Waals surface area contributed by atoms with Gasteiger partial charge in [0.05, 0.1) is 17.7 Å². The number of rotatable bonds is 6. The van der Waals surface area contributed by atoms with E-state index < -0.39 is 5.97 Å². The lowest BCUT2D eigenvalue weighted by molar-refractivity contribution is -0.306. The maximum absolute atomic E-state index is 11.9. The Morgan fingerprint density at radius 3 is 2.73 bits per heavy atom. The van der Waals surface area contributed by atoms with Crippen LogP contribution in [0.25, 0.3) is 17.3 Å². The van der Waals surface area contributed by atoms with Gasteiger partial charge >= 0.3 is 0 Å². The fourth-order valence-electron chi connectivity index (χ4n) is 2.40. The first-order valence-electron chi connectivity index (χ1n) is 7.63. The summed E-state index contributed by atoms with van der Waals surface area (Å²) in [6.45, 7) is 0.173. The maximum atomic E-state index is 11.9. The molecule has 0 atom stereocenters. The first-order chi connectivity index (χ1) is 12.5. The van der Waals surface area contributed by atoms with Crippen molar-refractivity contribution >= 4 is 46.3 Å². The largest absolute Gasteiger partial charge is 0.550 e. The number of thioether (sulfide) groups is 1. The molecule has 2 heterocycles. The Bertz CT molecular complexity index is 903. The van der Waals surface area contributed by atoms with Crippen molar-refractivity contribution in [3.8, 4) is 17.0 Å². The van der Waals surface area contributed by atoms with Gasteiger partial charge < -0.3 is 20.0 Å². The Kier molecular flexibility index (Phi) is 5.38. The summed E-state index contributed by atoms with van der Waals surface area (Å²) in [5.74, 6) is -0.702. The van der Waals surface area contributed by atoms with Crippen LogP contribution >= 0.6 is 24.0 Å². The molecular formula is C17H14N3O4S2-. The number of methoxy groups -OCH3 is 1. The van der Waals surface area contributed by atoms with Gasteiger partial charge in [0.1, 0.15) is 10.1 Å². The highest BCUT2D eigenvalue weighted by atomic mass is 32.2. The number of carbonyl (C=O) groups excluding carboxylic acids is 2. The van der Waals surface area contributed by atoms with Crippen LogP contribution in [0.15, 0.2) is 35.4 Å². The molecule has 1 N–H and O–H groups in total. The van der Waals surface area contributed by atoms with Gasteiger partial charge in [-0.05, 0) is 30.3 Å². The molecule has 0 radical (unpaired) electrons. The van der Waals surface area contributed by atoms with Crippen molar-refractivity contribution in [1.29, 1.82) is 0 Å². The fraction of sp³-hybridized carbons (Fsp3) is 0.176. The average Bonchev–Trinajstić information content (AvgIpc) is 3.16. The molecule has 2 aromatic rings. The third kappa shape index (κ3) is 4.12. The van der Waals surface area contributed by atoms with Gasteiger partial charge in [0, 0.05) is 36.3 Å². The number of carboxylic acid groups (broad SMARTS) is 1. The first-order valence-corrected chi connectivity index (χ1v) is 8.85. The Morgan fingerprint density at radius 1 is 1.42 bits per heavy atom. The highest BCUT2D eigenvalue weighted by Gasteiger charge is 2.23. The molecule has 0 aliphatic carbocycles. The van der Waals surface area contributed by atoms with Crippen LogP contribution in [0.5, 0.6) is 5.75 Å². The smallest absolute Gasteiger partial charge is 0.263 e. The number of nitrogens with one attached hydrogen (secondary N) is 1. The maximum Gasteiger partial charge on any atom is 0.263 e. The van der Waals surface area contributed by atoms with E-state index in [1.807, 2.05) is 12.1 Å². The molecule has 3 rings (SSSR count). The minimum atomic E-state index is -1.15. The van der Waals surface area contributed by atoms with Crippen molar-refractivity contribution in [3.63, 3.8) is 0 Å². The summed E-state index contributed by atoms with van der Waals surface area (Å²) in [5.41, 5.74) is 2.14. The van der Waals surface area contributed by atoms with Crippen molar-refractivity contribution < 1.29 is 19.4 Å². The van der Waals surface area contributed by atoms with Crippen LogP contribution in [0.4, 0.5) is 0 Å². The molecule has 0 spiro atoms. The topological polar surface area (TPSA) is 96.3 Å². The number of aliphatic carboxylic acids is 1. The number of thiocarbonyl (C=S) groups is 1. The molecule has 1 aliphatic rings. The van der Waals surface area contributed by atoms with Crippen LogP contribution in [0, 0.1) is 0 Å². The molecule has 1 aliphatic heterocycles. The van der Waals surface area contributed by atoms with Crippen molar-refractivity contribution in [2.24, 2.45) is 0 Å². The van der Waals surface area contributed by atoms with Crippen LogP contribution < -0.4 is 15.2 Å². The molecule has 26 heavy (non-hydrogen) atoms. The normalized spacial score (nSPS) is 15.3. The second-order valence-electron chi connectivity index (χ2n) is 5.40. The molecule has 0 saturated carbocycles. The van der Waals surface area contributed by atoms with Gasteiger partial charge in [-0.2, -0.15) is 5.10 Å². The minimum Gasteiger partial charge on any atom is -0.550 e. The molecule has 0 unspecified atom stereocenters. The molecular weight excluding hydrogens is 374 g/mol. The van der Waals surface area contributed by atoms with Crippen molar-refractivity contribution in [2.75, 3.05) is 7.11 Å². The number of amides is 1. The summed E-state index contributed by atoms with van der Waals surface area (Å²) >= 11 is 6.18. The predicted octanol–water partition coefficient (Wildman–Crippen LogP) is 1.19. The Balaban J connectivity index is 1.99. The first kappa shape index (κ1) is 18.2. The highest BCUT2D eigenvalue weighted by Crippen LogP contribution is 2.30. The number of hydrogen-bond acceptors (Lipinski definition) is 7. The minimum absolute atomic E-state index is 0.154. The number of nitrogens with zero attached hydrogens (tertiary/aromatic N) is 2. The van der Waals surface area contributed by atoms with E-state index in [0.29, 0.717) is 26.2 Å². The summed E-state index contributed by atoms with van der Waals surface area (Å²) in [4.78, 5) is 23.1. The number of aromatic nitrogens is 2. The molecule has 1 fully saturated rings. The summed E-state index contributed by atoms with van der Waals surface area (Å²) in [6.07, 6.45) is 3.24. The SMILES string of the molecule is COc1ccc(-c2nn(CCC(=O)[O-])cc2/C=C2/SC(=S)NC2=O)cc1. The lowest BCUT2D eigenvalue weighted by Crippen LogP contribution is -2.23. The summed E-state index contributed by atoms with van der Waals surface area (Å²) in [5, 5.41) is 17.7. The van der Waals surface area contributed by atoms with Gasteiger partial charge in [0.15, 0.2) is 0 Å². The molecule has 9 heteroatoms. The van der Waals surface area contributed by atoms with E-state index in [1.54, 1.807) is 31.5 Å². The number of ether oxygens (including phenoxy) is 1. The number of carbonyl (C=O) groups is 2. The van der Waals surface area contributed by atoms with E-state index in [9.17, 15) is 14.7 Å². The lowest BCUT2D eigenvalue weighted by atomic mass is 10.1. The number of aryl methyl sites for hydroxylation is 1. The number of benzene rings is 1. The van der Waals surface area contributed by atoms with Gasteiger partial charge in [-0.3, -0.25) is 9.48 Å². The van der Waals surface area contributed by atoms with Gasteiger partial charge in [0.25, 0.3) is 5.91 Å². The summed E-state index contributed by atoms with van der Waals surface area (Å²) in [7, 11) is 1.58. The predicted molar refractivity (Wildman–Crippen MR) is 100 cm³/mol. The van der Waals surface area contributed by atoms with Crippen molar-refractivity contribution in [3.05, 3.63) is 40.9 Å². The number of hydrogen-bond donors (Lipinski definition) is 1. The molecule has 1 aromatic carbocycles. The zero-order valence-corrected chi connectivity index (χ0v) is 15.4. The second kappa shape index (κ2) is 7.71. The zero-order valence-electron chi connectivity index (χ0n) is 13.7. The molecule has 134 valence electrons. The molecule has 0 bridgehead atoms. The van der Waals surface area contributed by atoms with E-state index in [4.69, 9.17) is 17.0 Å². The monoisotopic (exact) mass is 388 g/mol. The van der Waals surface area contributed by atoms with Gasteiger partial charge in [-0.15, -0.1) is 0 Å². The van der Waals surface area contributed by atoms with Gasteiger partial charge in [0.2, 0.25) is 0 Å². The Labute approximate surface area is 159 Å². The number of carboxylic acids is 1. The standard InChI is InChI=1S/C17H15N3O4S2/c1-24-12-4-2-10(3-5-12)15-11(8-13-16(23)18-17(25)26-13)9-20(19-15)7-6-14(21)22/h2-5,8-9H,6-7H2,1H3,(H,21,22)(H,18,23,25)/p-1/b13-8+. The van der Waals surface area contributed by atoms with Crippen LogP contribution in [-0.2, 0) is 16.1 Å². The van der Waals surface area contributed by atoms with E-state index in [-0.39, 0.29) is 18.9 Å². The highest BCUT2D eigenvalue weighted by molar-refractivity contribution is 8.26. The van der Waals surface area contributed by atoms with Crippen molar-refractivity contribution in [1.82, 2.24) is 15.1 Å². The summed E-state index contributed by atoms with van der Waals surface area (Å²) < 4.78 is 7.08. The fourth-order valence-corrected chi connectivity index (χ4v) is 3.43. The zero-order chi connectivity index (χ0) is 18.7. The molecule has 1 aromatic heterocycles. The van der Waals surface area contributed by atoms with E-state index in [0.717, 1.165) is 5.56 Å². The van der Waals surface area contributed by atoms with Crippen LogP contribution in [0.3, 0.4) is 0 Å². The summed E-state index contributed by atoms with van der Waals surface area (Å²) in [6, 6.07) is 7.30. The average molecular weight is 388 g/mol. The second-order valence-corrected chi connectivity index (χ2v) is 7.12. The molecule has 7 nitrogen and oxygen atoms in total. The third-order valence-corrected chi connectivity index (χ3v) is 4.79. The molecule has 1 amide bonds. The third-order valence-electron chi connectivity index (χ3n) is 3.63. The Morgan fingerprint density at radius 2 is 2.15 bits per heavy atom. The van der Waals surface area contributed by atoms with E-state index in [1.165, 1.54) is 16.4 Å². The lowest BCUT2D eigenvalue weighted by Gasteiger charge is -2.03. The van der Waals surface area contributed by atoms with Crippen LogP contribution in [-0.4, -0.2) is 33.1 Å². The molecule has 1 saturated heterocycles. The quantitative estimate of drug-likeness (QED) is 0.586. The Hall–Kier alpha value is -2.65. The van der Waals surface area contributed by atoms with Gasteiger partial charge in [-0.25, -0.2) is 0 Å². The van der Waals surface area contributed by atoms with E-state index in [2.05, 4.69) is 10.4 Å². The van der Waals surface area contributed by atoms with Crippen LogP contribution in [0.1, 0.15) is 12.0 Å². The van der Waals surface area contributed by atoms with Crippen LogP contribution in [0.2, 0.25) is 0 Å². The van der Waals surface area contributed by atoms with E-state index >= 15 is 0 Å².